The molecule has 1 aromatic carbocycles. The molecule has 1 aliphatic rings. The van der Waals surface area contributed by atoms with Gasteiger partial charge >= 0.3 is 6.09 Å². The zero-order valence-corrected chi connectivity index (χ0v) is 17.5. The van der Waals surface area contributed by atoms with Crippen LogP contribution in [0.2, 0.25) is 0 Å². The molecule has 30 heavy (non-hydrogen) atoms. The number of amides is 1. The first kappa shape index (κ1) is 21.5. The van der Waals surface area contributed by atoms with E-state index < -0.39 is 5.56 Å². The highest BCUT2D eigenvalue weighted by atomic mass is 16.5. The lowest BCUT2D eigenvalue weighted by Gasteiger charge is -2.33. The Labute approximate surface area is 175 Å². The van der Waals surface area contributed by atoms with Gasteiger partial charge in [-0.15, -0.1) is 0 Å². The molecule has 162 valence electrons. The first-order chi connectivity index (χ1) is 14.5. The van der Waals surface area contributed by atoms with Gasteiger partial charge in [0.15, 0.2) is 5.75 Å². The topological polar surface area (TPSA) is 93.5 Å². The average molecular weight is 417 g/mol. The lowest BCUT2D eigenvalue weighted by atomic mass is 10.1. The number of aromatic nitrogens is 1. The van der Waals surface area contributed by atoms with Gasteiger partial charge in [-0.1, -0.05) is 0 Å². The molecule has 1 fully saturated rings. The molecule has 0 unspecified atom stereocenters. The SMILES string of the molecule is COC(=O)N1CCN(Cc2ccn(Cc3ccc(OC)cc3OC)c(=O)c2O)CC1. The first-order valence-corrected chi connectivity index (χ1v) is 9.64. The molecular formula is C21H27N3O6. The summed E-state index contributed by atoms with van der Waals surface area (Å²) in [7, 11) is 4.50. The predicted molar refractivity (Wildman–Crippen MR) is 110 cm³/mol. The fraction of sp³-hybridized carbons (Fsp3) is 0.429. The summed E-state index contributed by atoms with van der Waals surface area (Å²) in [5.74, 6) is 1.00. The molecule has 3 rings (SSSR count). The highest BCUT2D eigenvalue weighted by molar-refractivity contribution is 5.67. The third-order valence-corrected chi connectivity index (χ3v) is 5.26. The van der Waals surface area contributed by atoms with E-state index in [4.69, 9.17) is 14.2 Å². The fourth-order valence-electron chi connectivity index (χ4n) is 3.48. The maximum absolute atomic E-state index is 12.7. The van der Waals surface area contributed by atoms with Crippen LogP contribution in [0.1, 0.15) is 11.1 Å². The summed E-state index contributed by atoms with van der Waals surface area (Å²) < 4.78 is 16.8. The number of rotatable bonds is 6. The van der Waals surface area contributed by atoms with Crippen molar-refractivity contribution in [2.75, 3.05) is 47.5 Å². The zero-order chi connectivity index (χ0) is 21.7. The Hall–Kier alpha value is -3.20. The van der Waals surface area contributed by atoms with Crippen LogP contribution in [0.5, 0.6) is 17.2 Å². The first-order valence-electron chi connectivity index (χ1n) is 9.64. The van der Waals surface area contributed by atoms with Crippen LogP contribution < -0.4 is 15.0 Å². The molecule has 0 aliphatic carbocycles. The van der Waals surface area contributed by atoms with E-state index in [1.165, 1.54) is 11.7 Å². The van der Waals surface area contributed by atoms with Crippen LogP contribution >= 0.6 is 0 Å². The lowest BCUT2D eigenvalue weighted by molar-refractivity contribution is 0.0885. The quantitative estimate of drug-likeness (QED) is 0.761. The van der Waals surface area contributed by atoms with E-state index in [0.29, 0.717) is 49.8 Å². The Bertz CT molecular complexity index is 950. The minimum absolute atomic E-state index is 0.262. The number of methoxy groups -OCH3 is 3. The van der Waals surface area contributed by atoms with Crippen LogP contribution in [0.4, 0.5) is 4.79 Å². The molecule has 2 heterocycles. The highest BCUT2D eigenvalue weighted by Crippen LogP contribution is 2.25. The molecule has 1 aliphatic heterocycles. The molecule has 1 N–H and O–H groups in total. The van der Waals surface area contributed by atoms with Crippen molar-refractivity contribution < 1.29 is 24.1 Å². The second-order valence-electron chi connectivity index (χ2n) is 7.03. The summed E-state index contributed by atoms with van der Waals surface area (Å²) >= 11 is 0. The van der Waals surface area contributed by atoms with Crippen molar-refractivity contribution in [3.63, 3.8) is 0 Å². The largest absolute Gasteiger partial charge is 0.503 e. The third kappa shape index (κ3) is 4.68. The van der Waals surface area contributed by atoms with Crippen LogP contribution in [-0.4, -0.2) is 73.1 Å². The van der Waals surface area contributed by atoms with Gasteiger partial charge in [-0.05, 0) is 18.2 Å². The van der Waals surface area contributed by atoms with Crippen molar-refractivity contribution in [2.45, 2.75) is 13.1 Å². The molecule has 1 amide bonds. The third-order valence-electron chi connectivity index (χ3n) is 5.26. The second kappa shape index (κ2) is 9.53. The van der Waals surface area contributed by atoms with E-state index in [9.17, 15) is 14.7 Å². The summed E-state index contributed by atoms with van der Waals surface area (Å²) in [6.07, 6.45) is 1.33. The summed E-state index contributed by atoms with van der Waals surface area (Å²) in [5, 5.41) is 10.5. The number of benzene rings is 1. The number of hydrogen-bond acceptors (Lipinski definition) is 7. The number of ether oxygens (including phenoxy) is 3. The van der Waals surface area contributed by atoms with Gasteiger partial charge < -0.3 is 28.8 Å². The van der Waals surface area contributed by atoms with Crippen molar-refractivity contribution >= 4 is 6.09 Å². The number of nitrogens with zero attached hydrogens (tertiary/aromatic N) is 3. The fourth-order valence-corrected chi connectivity index (χ4v) is 3.48. The van der Waals surface area contributed by atoms with Crippen molar-refractivity contribution in [1.82, 2.24) is 14.4 Å². The summed E-state index contributed by atoms with van der Waals surface area (Å²) in [6, 6.07) is 7.13. The minimum atomic E-state index is -0.460. The maximum atomic E-state index is 12.7. The van der Waals surface area contributed by atoms with Gasteiger partial charge in [0, 0.05) is 56.1 Å². The van der Waals surface area contributed by atoms with Gasteiger partial charge in [-0.25, -0.2) is 4.79 Å². The van der Waals surface area contributed by atoms with Crippen molar-refractivity contribution in [3.8, 4) is 17.2 Å². The number of aromatic hydroxyl groups is 1. The number of piperazine rings is 1. The van der Waals surface area contributed by atoms with E-state index in [1.54, 1.807) is 43.5 Å². The Kier molecular flexibility index (Phi) is 6.83. The van der Waals surface area contributed by atoms with Gasteiger partial charge in [0.25, 0.3) is 5.56 Å². The number of carbonyl (C=O) groups is 1. The van der Waals surface area contributed by atoms with E-state index in [2.05, 4.69) is 4.90 Å². The summed E-state index contributed by atoms with van der Waals surface area (Å²) in [5.41, 5.74) is 0.898. The average Bonchev–Trinajstić information content (AvgIpc) is 2.78. The standard InChI is InChI=1S/C21H27N3O6/c1-28-17-5-4-15(18(12-17)29-2)14-24-7-6-16(19(25)20(24)26)13-22-8-10-23(11-9-22)21(27)30-3/h4-7,12,25H,8-11,13-14H2,1-3H3. The van der Waals surface area contributed by atoms with Crippen LogP contribution in [0.25, 0.3) is 0 Å². The Morgan fingerprint density at radius 3 is 2.37 bits per heavy atom. The van der Waals surface area contributed by atoms with Gasteiger partial charge in [-0.2, -0.15) is 0 Å². The molecule has 0 spiro atoms. The normalized spacial score (nSPS) is 14.4. The Balaban J connectivity index is 1.71. The molecule has 2 aromatic rings. The highest BCUT2D eigenvalue weighted by Gasteiger charge is 2.22. The molecule has 1 saturated heterocycles. The van der Waals surface area contributed by atoms with E-state index in [-0.39, 0.29) is 18.4 Å². The van der Waals surface area contributed by atoms with Gasteiger partial charge in [0.1, 0.15) is 11.5 Å². The van der Waals surface area contributed by atoms with Gasteiger partial charge in [0.2, 0.25) is 0 Å². The molecule has 1 aromatic heterocycles. The minimum Gasteiger partial charge on any atom is -0.503 e. The monoisotopic (exact) mass is 417 g/mol. The number of hydrogen-bond donors (Lipinski definition) is 1. The molecule has 0 radical (unpaired) electrons. The smallest absolute Gasteiger partial charge is 0.409 e. The lowest BCUT2D eigenvalue weighted by Crippen LogP contribution is -2.48. The molecule has 0 bridgehead atoms. The van der Waals surface area contributed by atoms with Crippen LogP contribution in [-0.2, 0) is 17.8 Å². The van der Waals surface area contributed by atoms with E-state index in [0.717, 1.165) is 5.56 Å². The van der Waals surface area contributed by atoms with Gasteiger partial charge in [0.05, 0.1) is 27.9 Å². The molecule has 9 nitrogen and oxygen atoms in total. The zero-order valence-electron chi connectivity index (χ0n) is 17.5. The predicted octanol–water partition coefficient (Wildman–Crippen LogP) is 1.50. The molecule has 0 saturated carbocycles. The second-order valence-corrected chi connectivity index (χ2v) is 7.03. The Morgan fingerprint density at radius 1 is 1.00 bits per heavy atom. The van der Waals surface area contributed by atoms with Crippen molar-refractivity contribution in [3.05, 3.63) is 51.9 Å². The summed E-state index contributed by atoms with van der Waals surface area (Å²) in [4.78, 5) is 28.0. The van der Waals surface area contributed by atoms with Crippen LogP contribution in [0.3, 0.4) is 0 Å². The Morgan fingerprint density at radius 2 is 1.73 bits per heavy atom. The number of pyridine rings is 1. The molecule has 9 heteroatoms. The van der Waals surface area contributed by atoms with Crippen molar-refractivity contribution in [1.29, 1.82) is 0 Å². The molecular weight excluding hydrogens is 390 g/mol. The van der Waals surface area contributed by atoms with E-state index >= 15 is 0 Å². The van der Waals surface area contributed by atoms with Crippen LogP contribution in [0, 0.1) is 0 Å². The number of carbonyl (C=O) groups excluding carboxylic acids is 1. The maximum Gasteiger partial charge on any atom is 0.409 e. The van der Waals surface area contributed by atoms with Crippen molar-refractivity contribution in [2.24, 2.45) is 0 Å². The van der Waals surface area contributed by atoms with Crippen LogP contribution in [0.15, 0.2) is 35.3 Å². The van der Waals surface area contributed by atoms with E-state index in [1.807, 2.05) is 6.07 Å². The molecule has 0 atom stereocenters. The van der Waals surface area contributed by atoms with Gasteiger partial charge in [-0.3, -0.25) is 9.69 Å². The summed E-state index contributed by atoms with van der Waals surface area (Å²) in [6.45, 7) is 3.06.